The quantitative estimate of drug-likeness (QED) is 0.642. The average Bonchev–Trinajstić information content (AvgIpc) is 3.23. The Morgan fingerprint density at radius 2 is 1.77 bits per heavy atom. The molecule has 10 heteroatoms. The molecule has 3 rings (SSSR count). The van der Waals surface area contributed by atoms with E-state index in [4.69, 9.17) is 4.52 Å². The molecule has 0 saturated carbocycles. The minimum absolute atomic E-state index is 0.0134. The molecule has 26 heavy (non-hydrogen) atoms. The van der Waals surface area contributed by atoms with Crippen molar-refractivity contribution in [1.82, 2.24) is 5.16 Å². The molecule has 0 saturated heterocycles. The minimum Gasteiger partial charge on any atom is -0.355 e. The van der Waals surface area contributed by atoms with Crippen LogP contribution in [0.2, 0.25) is 0 Å². The molecule has 5 nitrogen and oxygen atoms in total. The van der Waals surface area contributed by atoms with Crippen molar-refractivity contribution in [3.63, 3.8) is 0 Å². The number of aryl methyl sites for hydroxylation is 1. The second-order valence-corrected chi connectivity index (χ2v) is 8.78. The molecule has 0 unspecified atom stereocenters. The van der Waals surface area contributed by atoms with Gasteiger partial charge in [-0.05, 0) is 31.2 Å². The highest BCUT2D eigenvalue weighted by atomic mass is 32.2. The first-order valence-corrected chi connectivity index (χ1v) is 9.54. The Morgan fingerprint density at radius 1 is 1.12 bits per heavy atom. The Morgan fingerprint density at radius 3 is 2.35 bits per heavy atom. The third-order valence-electron chi connectivity index (χ3n) is 3.64. The number of thiophene rings is 1. The van der Waals surface area contributed by atoms with E-state index >= 15 is 0 Å². The van der Waals surface area contributed by atoms with Crippen LogP contribution in [0, 0.1) is 6.92 Å². The summed E-state index contributed by atoms with van der Waals surface area (Å²) in [5, 5.41) is 2.97. The summed E-state index contributed by atoms with van der Waals surface area (Å²) in [5.41, 5.74) is 0.301. The molecule has 0 fully saturated rings. The van der Waals surface area contributed by atoms with Gasteiger partial charge in [0, 0.05) is 13.1 Å². The van der Waals surface area contributed by atoms with Crippen LogP contribution in [0.15, 0.2) is 51.2 Å². The molecule has 2 heterocycles. The fourth-order valence-corrected chi connectivity index (χ4v) is 4.77. The summed E-state index contributed by atoms with van der Waals surface area (Å²) in [7, 11) is -2.43. The Bertz CT molecular complexity index is 1020. The van der Waals surface area contributed by atoms with E-state index in [0.717, 1.165) is 27.3 Å². The van der Waals surface area contributed by atoms with Crippen molar-refractivity contribution in [2.24, 2.45) is 0 Å². The van der Waals surface area contributed by atoms with Crippen molar-refractivity contribution < 1.29 is 26.1 Å². The maximum absolute atomic E-state index is 12.7. The van der Waals surface area contributed by atoms with Crippen LogP contribution in [-0.2, 0) is 16.2 Å². The molecule has 0 radical (unpaired) electrons. The zero-order chi connectivity index (χ0) is 19.1. The zero-order valence-electron chi connectivity index (χ0n) is 13.6. The van der Waals surface area contributed by atoms with E-state index < -0.39 is 21.9 Å². The van der Waals surface area contributed by atoms with Gasteiger partial charge in [0.2, 0.25) is 0 Å². The van der Waals surface area contributed by atoms with Crippen LogP contribution in [0.1, 0.15) is 11.3 Å². The SMILES string of the molecule is Cc1ccc(N(C)S(=O)(=O)c2ccc(-c3cc(C(F)(F)F)no3)s2)cc1. The first-order chi connectivity index (χ1) is 12.1. The lowest BCUT2D eigenvalue weighted by Crippen LogP contribution is -2.25. The lowest BCUT2D eigenvalue weighted by Gasteiger charge is -2.18. The first kappa shape index (κ1) is 18.5. The van der Waals surface area contributed by atoms with E-state index in [9.17, 15) is 21.6 Å². The monoisotopic (exact) mass is 402 g/mol. The highest BCUT2D eigenvalue weighted by Crippen LogP contribution is 2.36. The molecule has 0 aliphatic rings. The summed E-state index contributed by atoms with van der Waals surface area (Å²) in [6, 6.07) is 10.4. The highest BCUT2D eigenvalue weighted by Gasteiger charge is 2.35. The van der Waals surface area contributed by atoms with E-state index in [1.165, 1.54) is 19.2 Å². The van der Waals surface area contributed by atoms with Crippen LogP contribution in [0.5, 0.6) is 0 Å². The number of anilines is 1. The number of alkyl halides is 3. The second-order valence-electron chi connectivity index (χ2n) is 5.50. The molecular weight excluding hydrogens is 389 g/mol. The molecule has 0 N–H and O–H groups in total. The van der Waals surface area contributed by atoms with Crippen LogP contribution >= 0.6 is 11.3 Å². The maximum atomic E-state index is 12.7. The Hall–Kier alpha value is -2.33. The number of hydrogen-bond donors (Lipinski definition) is 0. The van der Waals surface area contributed by atoms with Crippen molar-refractivity contribution in [2.75, 3.05) is 11.4 Å². The lowest BCUT2D eigenvalue weighted by atomic mass is 10.2. The van der Waals surface area contributed by atoms with Crippen LogP contribution < -0.4 is 4.31 Å². The largest absolute Gasteiger partial charge is 0.436 e. The predicted octanol–water partition coefficient (Wildman–Crippen LogP) is 4.56. The van der Waals surface area contributed by atoms with E-state index in [1.54, 1.807) is 24.3 Å². The van der Waals surface area contributed by atoms with E-state index in [0.29, 0.717) is 5.69 Å². The van der Waals surface area contributed by atoms with Gasteiger partial charge in [-0.2, -0.15) is 13.2 Å². The summed E-state index contributed by atoms with van der Waals surface area (Å²) in [4.78, 5) is 0.240. The summed E-state index contributed by atoms with van der Waals surface area (Å²) >= 11 is 0.812. The van der Waals surface area contributed by atoms with Gasteiger partial charge in [-0.3, -0.25) is 4.31 Å². The van der Waals surface area contributed by atoms with Gasteiger partial charge < -0.3 is 4.52 Å². The summed E-state index contributed by atoms with van der Waals surface area (Å²) in [6.07, 6.45) is -4.63. The fraction of sp³-hybridized carbons (Fsp3) is 0.188. The van der Waals surface area contributed by atoms with E-state index in [2.05, 4.69) is 5.16 Å². The normalized spacial score (nSPS) is 12.3. The van der Waals surface area contributed by atoms with Crippen LogP contribution in [0.3, 0.4) is 0 Å². The number of sulfonamides is 1. The van der Waals surface area contributed by atoms with Gasteiger partial charge in [0.25, 0.3) is 10.0 Å². The molecule has 138 valence electrons. The standard InChI is InChI=1S/C16H13F3N2O3S2/c1-10-3-5-11(6-4-10)21(2)26(22,23)15-8-7-13(25-15)12-9-14(20-24-12)16(17,18)19/h3-9H,1-2H3. The lowest BCUT2D eigenvalue weighted by molar-refractivity contribution is -0.142. The molecule has 2 aromatic heterocycles. The molecule has 0 aliphatic heterocycles. The number of nitrogens with zero attached hydrogens (tertiary/aromatic N) is 2. The van der Waals surface area contributed by atoms with Gasteiger partial charge in [0.15, 0.2) is 11.5 Å². The Balaban J connectivity index is 1.91. The molecule has 0 atom stereocenters. The molecule has 1 aromatic carbocycles. The predicted molar refractivity (Wildman–Crippen MR) is 91.6 cm³/mol. The van der Waals surface area contributed by atoms with Gasteiger partial charge in [0.1, 0.15) is 4.21 Å². The van der Waals surface area contributed by atoms with Crippen LogP contribution in [0.4, 0.5) is 18.9 Å². The molecule has 0 bridgehead atoms. The first-order valence-electron chi connectivity index (χ1n) is 7.29. The van der Waals surface area contributed by atoms with Gasteiger partial charge in [0.05, 0.1) is 10.6 Å². The maximum Gasteiger partial charge on any atom is 0.436 e. The molecule has 0 spiro atoms. The average molecular weight is 402 g/mol. The minimum atomic E-state index is -4.63. The molecular formula is C16H13F3N2O3S2. The van der Waals surface area contributed by atoms with Crippen molar-refractivity contribution >= 4 is 27.0 Å². The van der Waals surface area contributed by atoms with Crippen molar-refractivity contribution in [3.05, 3.63) is 53.7 Å². The van der Waals surface area contributed by atoms with E-state index in [-0.39, 0.29) is 14.8 Å². The molecule has 3 aromatic rings. The molecule has 0 amide bonds. The number of rotatable bonds is 4. The number of halogens is 3. The van der Waals surface area contributed by atoms with Gasteiger partial charge in [-0.1, -0.05) is 22.9 Å². The summed E-state index contributed by atoms with van der Waals surface area (Å²) < 4.78 is 69.1. The summed E-state index contributed by atoms with van der Waals surface area (Å²) in [5.74, 6) is -0.137. The Labute approximate surface area is 151 Å². The van der Waals surface area contributed by atoms with E-state index in [1.807, 2.05) is 6.92 Å². The van der Waals surface area contributed by atoms with Crippen molar-refractivity contribution in [1.29, 1.82) is 0 Å². The molecule has 0 aliphatic carbocycles. The summed E-state index contributed by atoms with van der Waals surface area (Å²) in [6.45, 7) is 1.89. The Kier molecular flexibility index (Phi) is 4.57. The highest BCUT2D eigenvalue weighted by molar-refractivity contribution is 7.94. The smallest absolute Gasteiger partial charge is 0.355 e. The van der Waals surface area contributed by atoms with Crippen molar-refractivity contribution in [2.45, 2.75) is 17.3 Å². The second kappa shape index (κ2) is 6.44. The number of aromatic nitrogens is 1. The van der Waals surface area contributed by atoms with Crippen LogP contribution in [-0.4, -0.2) is 20.6 Å². The third-order valence-corrected chi connectivity index (χ3v) is 6.99. The van der Waals surface area contributed by atoms with Gasteiger partial charge >= 0.3 is 6.18 Å². The zero-order valence-corrected chi connectivity index (χ0v) is 15.2. The van der Waals surface area contributed by atoms with Gasteiger partial charge in [-0.25, -0.2) is 8.42 Å². The fourth-order valence-electron chi connectivity index (χ4n) is 2.14. The van der Waals surface area contributed by atoms with Crippen LogP contribution in [0.25, 0.3) is 10.6 Å². The number of benzene rings is 1. The number of hydrogen-bond acceptors (Lipinski definition) is 5. The third kappa shape index (κ3) is 3.47. The van der Waals surface area contributed by atoms with Crippen molar-refractivity contribution in [3.8, 4) is 10.6 Å². The topological polar surface area (TPSA) is 63.4 Å². The van der Waals surface area contributed by atoms with Gasteiger partial charge in [-0.15, -0.1) is 11.3 Å².